The lowest BCUT2D eigenvalue weighted by Gasteiger charge is -2.30. The first kappa shape index (κ1) is 23.6. The van der Waals surface area contributed by atoms with Crippen LogP contribution in [0.4, 0.5) is 0 Å². The molecule has 0 aliphatic carbocycles. The van der Waals surface area contributed by atoms with Gasteiger partial charge < -0.3 is 5.32 Å². The average molecular weight is 476 g/mol. The van der Waals surface area contributed by atoms with Crippen LogP contribution in [0.3, 0.4) is 0 Å². The van der Waals surface area contributed by atoms with Gasteiger partial charge in [0.2, 0.25) is 10.0 Å². The fraction of sp³-hybridized carbons (Fsp3) is 0.542. The van der Waals surface area contributed by atoms with Crippen LogP contribution in [0.1, 0.15) is 53.9 Å². The van der Waals surface area contributed by atoms with Gasteiger partial charge in [-0.2, -0.15) is 4.31 Å². The van der Waals surface area contributed by atoms with E-state index in [9.17, 15) is 13.2 Å². The minimum absolute atomic E-state index is 0.0830. The number of Topliss-reactive ketones (excluding diaryl/α,β-unsaturated/α-hetero) is 1. The Balaban J connectivity index is 1.39. The van der Waals surface area contributed by atoms with Crippen LogP contribution in [0.2, 0.25) is 0 Å². The van der Waals surface area contributed by atoms with E-state index in [0.717, 1.165) is 25.9 Å². The van der Waals surface area contributed by atoms with Crippen molar-refractivity contribution in [2.45, 2.75) is 43.5 Å². The van der Waals surface area contributed by atoms with Crippen LogP contribution >= 0.6 is 11.3 Å². The van der Waals surface area contributed by atoms with E-state index >= 15 is 0 Å². The number of hydrogen-bond donors (Lipinski definition) is 1. The lowest BCUT2D eigenvalue weighted by molar-refractivity contribution is 0.0987. The van der Waals surface area contributed by atoms with Crippen molar-refractivity contribution in [2.75, 3.05) is 39.3 Å². The Labute approximate surface area is 195 Å². The maximum Gasteiger partial charge on any atom is 0.243 e. The second-order valence-corrected chi connectivity index (χ2v) is 11.9. The number of carbonyl (C=O) groups is 1. The molecule has 0 spiro atoms. The molecule has 1 aromatic heterocycles. The maximum absolute atomic E-state index is 13.1. The van der Waals surface area contributed by atoms with Crippen molar-refractivity contribution in [1.82, 2.24) is 14.5 Å². The van der Waals surface area contributed by atoms with Crippen LogP contribution in [0.25, 0.3) is 0 Å². The molecule has 0 radical (unpaired) electrons. The predicted octanol–water partition coefficient (Wildman–Crippen LogP) is 3.78. The normalized spacial score (nSPS) is 21.6. The third-order valence-electron chi connectivity index (χ3n) is 6.49. The second kappa shape index (κ2) is 10.6. The SMILES string of the molecule is CC1CCCN(S(=O)(=O)c2cccc(C(=O)CNCC(c3cccs3)N3CCCC3)c2)C1. The molecule has 0 amide bonds. The number of carbonyl (C=O) groups excluding carboxylic acids is 1. The molecule has 2 fully saturated rings. The summed E-state index contributed by atoms with van der Waals surface area (Å²) >= 11 is 1.75. The van der Waals surface area contributed by atoms with Gasteiger partial charge in [-0.15, -0.1) is 11.3 Å². The van der Waals surface area contributed by atoms with Gasteiger partial charge in [-0.05, 0) is 68.3 Å². The molecule has 2 aliphatic heterocycles. The highest BCUT2D eigenvalue weighted by Gasteiger charge is 2.29. The lowest BCUT2D eigenvalue weighted by Crippen LogP contribution is -2.39. The molecular formula is C24H33N3O3S2. The molecule has 1 aromatic carbocycles. The summed E-state index contributed by atoms with van der Waals surface area (Å²) in [6.45, 7) is 6.25. The number of sulfonamides is 1. The smallest absolute Gasteiger partial charge is 0.243 e. The summed E-state index contributed by atoms with van der Waals surface area (Å²) in [5.41, 5.74) is 0.442. The summed E-state index contributed by atoms with van der Waals surface area (Å²) < 4.78 is 27.7. The van der Waals surface area contributed by atoms with Crippen LogP contribution in [0, 0.1) is 5.92 Å². The first-order chi connectivity index (χ1) is 15.4. The van der Waals surface area contributed by atoms with Gasteiger partial charge in [0.15, 0.2) is 5.78 Å². The van der Waals surface area contributed by atoms with E-state index in [1.165, 1.54) is 23.8 Å². The Morgan fingerprint density at radius 1 is 1.16 bits per heavy atom. The standard InChI is InChI=1S/C24H33N3O3S2/c1-19-7-5-13-27(18-19)32(29,30)21-9-4-8-20(15-21)23(28)17-25-16-22(24-10-6-14-31-24)26-11-2-3-12-26/h4,6,8-10,14-15,19,22,25H,2-3,5,7,11-13,16-18H2,1H3. The zero-order valence-corrected chi connectivity index (χ0v) is 20.3. The van der Waals surface area contributed by atoms with Crippen molar-refractivity contribution in [3.63, 3.8) is 0 Å². The summed E-state index contributed by atoms with van der Waals surface area (Å²) in [6.07, 6.45) is 4.38. The molecule has 2 saturated heterocycles. The van der Waals surface area contributed by atoms with Gasteiger partial charge in [0.25, 0.3) is 0 Å². The molecular weight excluding hydrogens is 442 g/mol. The minimum atomic E-state index is -3.57. The molecule has 2 unspecified atom stereocenters. The third-order valence-corrected chi connectivity index (χ3v) is 9.32. The fourth-order valence-corrected chi connectivity index (χ4v) is 7.22. The number of piperidine rings is 1. The van der Waals surface area contributed by atoms with Crippen molar-refractivity contribution in [3.05, 3.63) is 52.2 Å². The molecule has 2 aromatic rings. The van der Waals surface area contributed by atoms with Crippen molar-refractivity contribution in [2.24, 2.45) is 5.92 Å². The quantitative estimate of drug-likeness (QED) is 0.559. The highest BCUT2D eigenvalue weighted by atomic mass is 32.2. The topological polar surface area (TPSA) is 69.7 Å². The maximum atomic E-state index is 13.1. The Kier molecular flexibility index (Phi) is 7.78. The summed E-state index contributed by atoms with van der Waals surface area (Å²) in [6, 6.07) is 11.0. The highest BCUT2D eigenvalue weighted by Crippen LogP contribution is 2.28. The molecule has 8 heteroatoms. The summed E-state index contributed by atoms with van der Waals surface area (Å²) in [4.78, 5) is 16.9. The largest absolute Gasteiger partial charge is 0.308 e. The van der Waals surface area contributed by atoms with Crippen LogP contribution in [0.5, 0.6) is 0 Å². The highest BCUT2D eigenvalue weighted by molar-refractivity contribution is 7.89. The molecule has 3 heterocycles. The van der Waals surface area contributed by atoms with Gasteiger partial charge in [-0.1, -0.05) is 25.1 Å². The number of ketones is 1. The molecule has 6 nitrogen and oxygen atoms in total. The molecule has 0 saturated carbocycles. The Morgan fingerprint density at radius 2 is 1.97 bits per heavy atom. The molecule has 32 heavy (non-hydrogen) atoms. The van der Waals surface area contributed by atoms with Gasteiger partial charge in [-0.3, -0.25) is 9.69 Å². The van der Waals surface area contributed by atoms with Crippen molar-refractivity contribution in [3.8, 4) is 0 Å². The number of likely N-dealkylation sites (tertiary alicyclic amines) is 1. The van der Waals surface area contributed by atoms with Crippen molar-refractivity contribution >= 4 is 27.1 Å². The van der Waals surface area contributed by atoms with E-state index in [0.29, 0.717) is 31.1 Å². The first-order valence-corrected chi connectivity index (χ1v) is 13.9. The number of nitrogens with one attached hydrogen (secondary N) is 1. The van der Waals surface area contributed by atoms with Crippen molar-refractivity contribution < 1.29 is 13.2 Å². The van der Waals surface area contributed by atoms with Crippen LogP contribution in [-0.4, -0.2) is 62.7 Å². The van der Waals surface area contributed by atoms with Gasteiger partial charge >= 0.3 is 0 Å². The zero-order chi connectivity index (χ0) is 22.6. The monoisotopic (exact) mass is 475 g/mol. The molecule has 2 aliphatic rings. The fourth-order valence-electron chi connectivity index (χ4n) is 4.71. The molecule has 174 valence electrons. The summed E-state index contributed by atoms with van der Waals surface area (Å²) in [5, 5.41) is 5.43. The lowest BCUT2D eigenvalue weighted by atomic mass is 10.0. The molecule has 2 atom stereocenters. The molecule has 4 rings (SSSR count). The van der Waals surface area contributed by atoms with Gasteiger partial charge in [0, 0.05) is 30.1 Å². The van der Waals surface area contributed by atoms with Gasteiger partial charge in [0.1, 0.15) is 0 Å². The molecule has 0 bridgehead atoms. The second-order valence-electron chi connectivity index (χ2n) is 8.97. The van der Waals surface area contributed by atoms with Gasteiger partial charge in [-0.25, -0.2) is 8.42 Å². The Bertz CT molecular complexity index is 1000. The molecule has 1 N–H and O–H groups in total. The number of benzene rings is 1. The number of rotatable bonds is 9. The summed E-state index contributed by atoms with van der Waals surface area (Å²) in [5.74, 6) is 0.278. The Hall–Kier alpha value is -1.58. The average Bonchev–Trinajstić information content (AvgIpc) is 3.51. The number of nitrogens with zero attached hydrogens (tertiary/aromatic N) is 2. The van der Waals surface area contributed by atoms with E-state index in [1.807, 2.05) is 0 Å². The van der Waals surface area contributed by atoms with E-state index in [-0.39, 0.29) is 23.3 Å². The number of thiophene rings is 1. The Morgan fingerprint density at radius 3 is 2.69 bits per heavy atom. The predicted molar refractivity (Wildman–Crippen MR) is 129 cm³/mol. The minimum Gasteiger partial charge on any atom is -0.308 e. The van der Waals surface area contributed by atoms with E-state index in [2.05, 4.69) is 34.7 Å². The zero-order valence-electron chi connectivity index (χ0n) is 18.7. The third kappa shape index (κ3) is 5.48. The van der Waals surface area contributed by atoms with Crippen LogP contribution in [0.15, 0.2) is 46.7 Å². The summed E-state index contributed by atoms with van der Waals surface area (Å²) in [7, 11) is -3.57. The van der Waals surface area contributed by atoms with E-state index in [1.54, 1.807) is 33.8 Å². The van der Waals surface area contributed by atoms with Crippen LogP contribution in [-0.2, 0) is 10.0 Å². The first-order valence-electron chi connectivity index (χ1n) is 11.6. The van der Waals surface area contributed by atoms with Gasteiger partial charge in [0.05, 0.1) is 17.5 Å². The van der Waals surface area contributed by atoms with Crippen LogP contribution < -0.4 is 5.32 Å². The number of hydrogen-bond acceptors (Lipinski definition) is 6. The van der Waals surface area contributed by atoms with E-state index < -0.39 is 10.0 Å². The van der Waals surface area contributed by atoms with Crippen molar-refractivity contribution in [1.29, 1.82) is 0 Å². The van der Waals surface area contributed by atoms with E-state index in [4.69, 9.17) is 0 Å².